The van der Waals surface area contributed by atoms with Crippen molar-refractivity contribution >= 4 is 31.5 Å². The number of nitrogens with zero attached hydrogens (tertiary/aromatic N) is 1. The third-order valence-electron chi connectivity index (χ3n) is 11.5. The molecule has 0 aromatic heterocycles. The van der Waals surface area contributed by atoms with Gasteiger partial charge in [-0.25, -0.2) is 0 Å². The Hall–Kier alpha value is -0.253. The van der Waals surface area contributed by atoms with Crippen molar-refractivity contribution in [2.24, 2.45) is 0 Å². The van der Waals surface area contributed by atoms with Gasteiger partial charge in [-0.05, 0) is 39.0 Å². The topological polar surface area (TPSA) is 65.1 Å². The minimum atomic E-state index is -3.10. The lowest BCUT2D eigenvalue weighted by Gasteiger charge is -2.37. The smallest absolute Gasteiger partial charge is 0.373 e. The zero-order chi connectivity index (χ0) is 41.9. The molecule has 0 fully saturated rings. The van der Waals surface area contributed by atoms with Crippen molar-refractivity contribution < 1.29 is 22.9 Å². The average molecular weight is 842 g/mol. The zero-order valence-electron chi connectivity index (χ0n) is 39.3. The molecule has 0 aromatic rings. The minimum Gasteiger partial charge on any atom is -0.373 e. The fraction of sp³-hybridized carbons (Fsp3) is 0.959. The molecule has 0 aliphatic rings. The van der Waals surface area contributed by atoms with Gasteiger partial charge in [0.25, 0.3) is 5.12 Å². The molecule has 0 saturated heterocycles. The molecule has 1 unspecified atom stereocenters. The van der Waals surface area contributed by atoms with Gasteiger partial charge in [-0.2, -0.15) is 0 Å². The SMILES string of the molecule is CCCCCCCCCCO[Si](CCCSC(=O)C(=O)CC)(OCCCCCCCCCC)OC(C)N(CCCCCCCCCC)CCCCCCCCCC. The van der Waals surface area contributed by atoms with E-state index in [0.29, 0.717) is 25.0 Å². The summed E-state index contributed by atoms with van der Waals surface area (Å²) < 4.78 is 21.1. The van der Waals surface area contributed by atoms with Crippen LogP contribution >= 0.6 is 11.8 Å². The number of unbranched alkanes of at least 4 members (excludes halogenated alkanes) is 28. The van der Waals surface area contributed by atoms with Crippen molar-refractivity contribution in [1.29, 1.82) is 0 Å². The number of carbonyl (C=O) groups excluding carboxylic acids is 2. The van der Waals surface area contributed by atoms with Gasteiger partial charge in [0.05, 0.1) is 0 Å². The van der Waals surface area contributed by atoms with Gasteiger partial charge in [0.15, 0.2) is 0 Å². The van der Waals surface area contributed by atoms with E-state index in [1.165, 1.54) is 193 Å². The largest absolute Gasteiger partial charge is 0.502 e. The monoisotopic (exact) mass is 842 g/mol. The molecule has 0 radical (unpaired) electrons. The second-order valence-electron chi connectivity index (χ2n) is 17.0. The van der Waals surface area contributed by atoms with Crippen LogP contribution in [0.25, 0.3) is 0 Å². The third kappa shape index (κ3) is 36.1. The molecular formula is C49H99NO5SSi. The first-order valence-electron chi connectivity index (χ1n) is 25.3. The van der Waals surface area contributed by atoms with Crippen LogP contribution in [0.4, 0.5) is 0 Å². The molecule has 0 N–H and O–H groups in total. The Kier molecular flexibility index (Phi) is 43.6. The van der Waals surface area contributed by atoms with Crippen LogP contribution in [0.5, 0.6) is 0 Å². The molecule has 340 valence electrons. The summed E-state index contributed by atoms with van der Waals surface area (Å²) in [6.07, 6.45) is 42.2. The second kappa shape index (κ2) is 43.8. The Labute approximate surface area is 362 Å². The van der Waals surface area contributed by atoms with Gasteiger partial charge in [0, 0.05) is 44.5 Å². The molecule has 0 saturated carbocycles. The number of Topliss-reactive ketones (excluding diaryl/α,β-unsaturated/α-hetero) is 1. The summed E-state index contributed by atoms with van der Waals surface area (Å²) in [5.41, 5.74) is 0. The standard InChI is InChI=1S/C49H99NO5SSi/c1-7-12-16-20-24-28-32-36-41-50(42-37-33-29-25-21-17-13-8-2)47(6)55-57(46-40-45-56-49(52)48(51)11-5,53-43-38-34-30-26-22-18-14-9-3)54-44-39-35-31-27-23-19-15-10-4/h47H,7-46H2,1-6H3. The van der Waals surface area contributed by atoms with Crippen molar-refractivity contribution in [1.82, 2.24) is 4.90 Å². The first-order valence-corrected chi connectivity index (χ1v) is 28.2. The number of hydrogen-bond donors (Lipinski definition) is 0. The lowest BCUT2D eigenvalue weighted by molar-refractivity contribution is -0.131. The molecule has 0 aliphatic carbocycles. The van der Waals surface area contributed by atoms with E-state index >= 15 is 0 Å². The van der Waals surface area contributed by atoms with Gasteiger partial charge >= 0.3 is 8.80 Å². The summed E-state index contributed by atoms with van der Waals surface area (Å²) in [6, 6.07) is 0.690. The number of hydrogen-bond acceptors (Lipinski definition) is 7. The fourth-order valence-corrected chi connectivity index (χ4v) is 11.5. The maximum atomic E-state index is 12.4. The number of thioether (sulfide) groups is 1. The van der Waals surface area contributed by atoms with E-state index in [-0.39, 0.29) is 23.5 Å². The Morgan fingerprint density at radius 1 is 0.474 bits per heavy atom. The van der Waals surface area contributed by atoms with E-state index in [2.05, 4.69) is 39.5 Å². The Morgan fingerprint density at radius 2 is 0.807 bits per heavy atom. The maximum absolute atomic E-state index is 12.4. The van der Waals surface area contributed by atoms with Crippen LogP contribution in [-0.2, 0) is 22.9 Å². The van der Waals surface area contributed by atoms with Crippen molar-refractivity contribution in [2.75, 3.05) is 32.1 Å². The van der Waals surface area contributed by atoms with Crippen LogP contribution in [-0.4, -0.2) is 62.9 Å². The molecule has 8 heteroatoms. The maximum Gasteiger partial charge on any atom is 0.502 e. The predicted molar refractivity (Wildman–Crippen MR) is 252 cm³/mol. The van der Waals surface area contributed by atoms with Gasteiger partial charge in [-0.3, -0.25) is 14.5 Å². The van der Waals surface area contributed by atoms with Crippen LogP contribution < -0.4 is 0 Å². The highest BCUT2D eigenvalue weighted by Gasteiger charge is 2.43. The summed E-state index contributed by atoms with van der Waals surface area (Å²) in [7, 11) is -3.10. The molecule has 0 rings (SSSR count). The van der Waals surface area contributed by atoms with E-state index in [9.17, 15) is 9.59 Å². The summed E-state index contributed by atoms with van der Waals surface area (Å²) in [4.78, 5) is 27.1. The van der Waals surface area contributed by atoms with Gasteiger partial charge in [-0.15, -0.1) is 0 Å². The molecule has 0 heterocycles. The Balaban J connectivity index is 5.83. The second-order valence-corrected chi connectivity index (χ2v) is 20.8. The summed E-state index contributed by atoms with van der Waals surface area (Å²) in [5, 5.41) is -0.319. The summed E-state index contributed by atoms with van der Waals surface area (Å²) in [6.45, 7) is 16.6. The van der Waals surface area contributed by atoms with E-state index in [1.54, 1.807) is 6.92 Å². The highest BCUT2D eigenvalue weighted by molar-refractivity contribution is 8.15. The van der Waals surface area contributed by atoms with Gasteiger partial charge < -0.3 is 13.3 Å². The van der Waals surface area contributed by atoms with E-state index in [0.717, 1.165) is 44.1 Å². The van der Waals surface area contributed by atoms with Crippen LogP contribution in [0.3, 0.4) is 0 Å². The summed E-state index contributed by atoms with van der Waals surface area (Å²) in [5.74, 6) is 0.308. The van der Waals surface area contributed by atoms with Crippen LogP contribution in [0, 0.1) is 0 Å². The predicted octanol–water partition coefficient (Wildman–Crippen LogP) is 15.8. The van der Waals surface area contributed by atoms with E-state index in [1.807, 2.05) is 0 Å². The highest BCUT2D eigenvalue weighted by atomic mass is 32.2. The zero-order valence-corrected chi connectivity index (χ0v) is 41.1. The van der Waals surface area contributed by atoms with Crippen molar-refractivity contribution in [3.05, 3.63) is 0 Å². The molecule has 6 nitrogen and oxygen atoms in total. The molecule has 0 aromatic carbocycles. The number of rotatable bonds is 47. The molecule has 0 spiro atoms. The molecule has 57 heavy (non-hydrogen) atoms. The quantitative estimate of drug-likeness (QED) is 0.0262. The van der Waals surface area contributed by atoms with Crippen molar-refractivity contribution in [2.45, 2.75) is 272 Å². The Bertz CT molecular complexity index is 822. The normalized spacial score (nSPS) is 12.5. The molecule has 0 bridgehead atoms. The molecule has 1 atom stereocenters. The third-order valence-corrected chi connectivity index (χ3v) is 15.4. The van der Waals surface area contributed by atoms with Crippen molar-refractivity contribution in [3.8, 4) is 0 Å². The van der Waals surface area contributed by atoms with Gasteiger partial charge in [-0.1, -0.05) is 226 Å². The van der Waals surface area contributed by atoms with Crippen LogP contribution in [0.15, 0.2) is 0 Å². The Morgan fingerprint density at radius 3 is 1.16 bits per heavy atom. The van der Waals surface area contributed by atoms with Crippen LogP contribution in [0.2, 0.25) is 6.04 Å². The molecule has 0 aliphatic heterocycles. The lowest BCUT2D eigenvalue weighted by atomic mass is 10.1. The first kappa shape index (κ1) is 56.7. The lowest BCUT2D eigenvalue weighted by Crippen LogP contribution is -2.52. The fourth-order valence-electron chi connectivity index (χ4n) is 7.63. The minimum absolute atomic E-state index is 0.0844. The highest BCUT2D eigenvalue weighted by Crippen LogP contribution is 2.26. The number of carbonyl (C=O) groups is 2. The molecular weight excluding hydrogens is 743 g/mol. The summed E-state index contributed by atoms with van der Waals surface area (Å²) >= 11 is 1.16. The van der Waals surface area contributed by atoms with E-state index in [4.69, 9.17) is 13.3 Å². The van der Waals surface area contributed by atoms with Crippen molar-refractivity contribution in [3.63, 3.8) is 0 Å². The first-order chi connectivity index (χ1) is 27.9. The van der Waals surface area contributed by atoms with Gasteiger partial charge in [0.2, 0.25) is 5.78 Å². The van der Waals surface area contributed by atoms with Gasteiger partial charge in [0.1, 0.15) is 6.23 Å². The average Bonchev–Trinajstić information content (AvgIpc) is 3.21. The van der Waals surface area contributed by atoms with E-state index < -0.39 is 8.80 Å². The number of ketones is 1. The molecule has 0 amide bonds. The van der Waals surface area contributed by atoms with Crippen LogP contribution in [0.1, 0.15) is 260 Å².